The molecule has 2 fully saturated rings. The molecule has 2 aliphatic rings. The molecule has 0 radical (unpaired) electrons. The standard InChI is InChI=1S/C34H39FN4O2/c1-37(2)24-31-33(28-14-12-27(13-15-28)11-10-26-8-4-3-5-9-26)32-25-38(21-6-7-22-39(31)32)34(40)36-29-16-18-30(19-17-29)41-23-20-35/h3-5,8-9,12-19,31-33H,6-7,20-25H2,1-2H3,(H,36,40)/t31-,32+,33+/m1/s1. The topological polar surface area (TPSA) is 48.1 Å². The summed E-state index contributed by atoms with van der Waals surface area (Å²) in [6.45, 7) is 2.92. The molecule has 1 N–H and O–H groups in total. The van der Waals surface area contributed by atoms with Crippen LogP contribution in [-0.4, -0.2) is 86.4 Å². The minimum absolute atomic E-state index is 0.0250. The molecule has 2 amide bonds. The maximum Gasteiger partial charge on any atom is 0.321 e. The van der Waals surface area contributed by atoms with Gasteiger partial charge in [-0.2, -0.15) is 0 Å². The van der Waals surface area contributed by atoms with Crippen LogP contribution in [0.2, 0.25) is 0 Å². The second-order valence-corrected chi connectivity index (χ2v) is 11.0. The monoisotopic (exact) mass is 554 g/mol. The van der Waals surface area contributed by atoms with E-state index in [1.165, 1.54) is 5.56 Å². The normalized spacial score (nSPS) is 20.6. The number of hydrogen-bond donors (Lipinski definition) is 1. The highest BCUT2D eigenvalue weighted by Crippen LogP contribution is 2.42. The fraction of sp³-hybridized carbons (Fsp3) is 0.382. The SMILES string of the molecule is CN(C)C[C@@H]1[C@H](c2ccc(C#Cc3ccccc3)cc2)[C@@H]2CN(C(=O)Nc3ccc(OCCF)cc3)CCCCN12. The van der Waals surface area contributed by atoms with Gasteiger partial charge in [-0.05, 0) is 87.6 Å². The highest BCUT2D eigenvalue weighted by molar-refractivity contribution is 5.89. The fourth-order valence-corrected chi connectivity index (χ4v) is 5.95. The summed E-state index contributed by atoms with van der Waals surface area (Å²) in [6.07, 6.45) is 2.03. The fourth-order valence-electron chi connectivity index (χ4n) is 5.95. The molecule has 6 nitrogen and oxygen atoms in total. The molecule has 0 saturated carbocycles. The van der Waals surface area contributed by atoms with Crippen molar-refractivity contribution < 1.29 is 13.9 Å². The van der Waals surface area contributed by atoms with Gasteiger partial charge in [-0.15, -0.1) is 0 Å². The van der Waals surface area contributed by atoms with Crippen molar-refractivity contribution in [1.29, 1.82) is 0 Å². The van der Waals surface area contributed by atoms with Gasteiger partial charge < -0.3 is 19.9 Å². The van der Waals surface area contributed by atoms with Crippen molar-refractivity contribution in [2.24, 2.45) is 0 Å². The van der Waals surface area contributed by atoms with Crippen LogP contribution in [0.15, 0.2) is 78.9 Å². The molecule has 0 bridgehead atoms. The number of amides is 2. The van der Waals surface area contributed by atoms with Crippen LogP contribution in [0.4, 0.5) is 14.9 Å². The molecule has 2 heterocycles. The summed E-state index contributed by atoms with van der Waals surface area (Å²) in [6, 6.07) is 26.4. The van der Waals surface area contributed by atoms with Gasteiger partial charge in [0.2, 0.25) is 0 Å². The van der Waals surface area contributed by atoms with Crippen molar-refractivity contribution in [2.45, 2.75) is 30.8 Å². The molecule has 2 saturated heterocycles. The van der Waals surface area contributed by atoms with Gasteiger partial charge in [-0.1, -0.05) is 42.2 Å². The first kappa shape index (κ1) is 28.7. The first-order valence-electron chi connectivity index (χ1n) is 14.4. The average Bonchev–Trinajstić information content (AvgIpc) is 2.97. The predicted molar refractivity (Wildman–Crippen MR) is 162 cm³/mol. The lowest BCUT2D eigenvalue weighted by molar-refractivity contribution is -0.0447. The summed E-state index contributed by atoms with van der Waals surface area (Å²) in [5.74, 6) is 7.44. The summed E-state index contributed by atoms with van der Waals surface area (Å²) in [5, 5.41) is 3.05. The van der Waals surface area contributed by atoms with E-state index in [1.54, 1.807) is 24.3 Å². The van der Waals surface area contributed by atoms with Crippen molar-refractivity contribution in [3.63, 3.8) is 0 Å². The Hall–Kier alpha value is -3.86. The maximum absolute atomic E-state index is 13.4. The van der Waals surface area contributed by atoms with Gasteiger partial charge in [0.15, 0.2) is 0 Å². The van der Waals surface area contributed by atoms with Gasteiger partial charge in [0.1, 0.15) is 19.0 Å². The van der Waals surface area contributed by atoms with Crippen LogP contribution in [0.25, 0.3) is 0 Å². The first-order valence-corrected chi connectivity index (χ1v) is 14.4. The largest absolute Gasteiger partial charge is 0.491 e. The van der Waals surface area contributed by atoms with Crippen LogP contribution in [0.3, 0.4) is 0 Å². The number of nitrogens with zero attached hydrogens (tertiary/aromatic N) is 3. The Labute approximate surface area is 243 Å². The van der Waals surface area contributed by atoms with Crippen LogP contribution < -0.4 is 10.1 Å². The third-order valence-electron chi connectivity index (χ3n) is 7.89. The molecule has 5 rings (SSSR count). The molecule has 41 heavy (non-hydrogen) atoms. The van der Waals surface area contributed by atoms with Crippen molar-refractivity contribution in [3.05, 3.63) is 95.6 Å². The van der Waals surface area contributed by atoms with E-state index in [0.29, 0.717) is 29.9 Å². The van der Waals surface area contributed by atoms with E-state index in [2.05, 4.69) is 65.3 Å². The summed E-state index contributed by atoms with van der Waals surface area (Å²) in [7, 11) is 4.26. The zero-order valence-corrected chi connectivity index (χ0v) is 23.9. The Balaban J connectivity index is 1.30. The Morgan fingerprint density at radius 2 is 1.63 bits per heavy atom. The number of halogens is 1. The first-order chi connectivity index (χ1) is 20.0. The van der Waals surface area contributed by atoms with Crippen molar-refractivity contribution >= 4 is 11.7 Å². The minimum atomic E-state index is -0.533. The van der Waals surface area contributed by atoms with Crippen LogP contribution in [-0.2, 0) is 0 Å². The number of anilines is 1. The van der Waals surface area contributed by atoms with E-state index in [9.17, 15) is 9.18 Å². The molecule has 0 unspecified atom stereocenters. The minimum Gasteiger partial charge on any atom is -0.491 e. The second-order valence-electron chi connectivity index (χ2n) is 11.0. The molecule has 2 aliphatic heterocycles. The van der Waals surface area contributed by atoms with Gasteiger partial charge in [-0.3, -0.25) is 4.90 Å². The molecular formula is C34H39FN4O2. The van der Waals surface area contributed by atoms with Crippen LogP contribution in [0.1, 0.15) is 35.4 Å². The van der Waals surface area contributed by atoms with Gasteiger partial charge in [0, 0.05) is 54.5 Å². The Morgan fingerprint density at radius 1 is 0.951 bits per heavy atom. The van der Waals surface area contributed by atoms with Gasteiger partial charge >= 0.3 is 6.03 Å². The highest BCUT2D eigenvalue weighted by Gasteiger charge is 2.49. The Bertz CT molecular complexity index is 1340. The van der Waals surface area contributed by atoms with E-state index >= 15 is 0 Å². The zero-order valence-electron chi connectivity index (χ0n) is 23.9. The average molecular weight is 555 g/mol. The molecule has 214 valence electrons. The predicted octanol–water partition coefficient (Wildman–Crippen LogP) is 5.46. The lowest BCUT2D eigenvalue weighted by Crippen LogP contribution is -2.69. The molecule has 3 atom stereocenters. The molecular weight excluding hydrogens is 515 g/mol. The molecule has 0 spiro atoms. The van der Waals surface area contributed by atoms with Gasteiger partial charge in [-0.25, -0.2) is 9.18 Å². The number of alkyl halides is 1. The quantitative estimate of drug-likeness (QED) is 0.394. The van der Waals surface area contributed by atoms with E-state index < -0.39 is 6.67 Å². The molecule has 0 aromatic heterocycles. The lowest BCUT2D eigenvalue weighted by Gasteiger charge is -2.58. The van der Waals surface area contributed by atoms with E-state index in [0.717, 1.165) is 43.6 Å². The highest BCUT2D eigenvalue weighted by atomic mass is 19.1. The van der Waals surface area contributed by atoms with Gasteiger partial charge in [0.05, 0.1) is 0 Å². The number of carbonyl (C=O) groups excluding carboxylic acids is 1. The smallest absolute Gasteiger partial charge is 0.321 e. The number of likely N-dealkylation sites (N-methyl/N-ethyl adjacent to an activating group) is 1. The number of nitrogens with one attached hydrogen (secondary N) is 1. The lowest BCUT2D eigenvalue weighted by atomic mass is 9.73. The van der Waals surface area contributed by atoms with E-state index in [1.807, 2.05) is 35.2 Å². The number of benzene rings is 3. The maximum atomic E-state index is 13.4. The number of urea groups is 1. The van der Waals surface area contributed by atoms with E-state index in [-0.39, 0.29) is 18.7 Å². The summed E-state index contributed by atoms with van der Waals surface area (Å²) in [4.78, 5) is 20.2. The summed E-state index contributed by atoms with van der Waals surface area (Å²) >= 11 is 0. The van der Waals surface area contributed by atoms with Crippen LogP contribution >= 0.6 is 0 Å². The van der Waals surface area contributed by atoms with E-state index in [4.69, 9.17) is 4.74 Å². The number of ether oxygens (including phenoxy) is 1. The third kappa shape index (κ3) is 7.27. The number of hydrogen-bond acceptors (Lipinski definition) is 4. The Kier molecular flexibility index (Phi) is 9.55. The summed E-state index contributed by atoms with van der Waals surface area (Å²) < 4.78 is 17.7. The summed E-state index contributed by atoms with van der Waals surface area (Å²) in [5.41, 5.74) is 4.00. The van der Waals surface area contributed by atoms with Crippen molar-refractivity contribution in [2.75, 3.05) is 58.9 Å². The molecule has 3 aromatic carbocycles. The Morgan fingerprint density at radius 3 is 2.32 bits per heavy atom. The van der Waals surface area contributed by atoms with Crippen molar-refractivity contribution in [3.8, 4) is 17.6 Å². The van der Waals surface area contributed by atoms with Crippen LogP contribution in [0.5, 0.6) is 5.75 Å². The molecule has 3 aromatic rings. The van der Waals surface area contributed by atoms with Gasteiger partial charge in [0.25, 0.3) is 0 Å². The number of carbonyl (C=O) groups is 1. The number of rotatable bonds is 7. The third-order valence-corrected chi connectivity index (χ3v) is 7.89. The van der Waals surface area contributed by atoms with Crippen LogP contribution in [0, 0.1) is 11.8 Å². The zero-order chi connectivity index (χ0) is 28.6. The number of fused-ring (bicyclic) bond motifs is 1. The van der Waals surface area contributed by atoms with Crippen molar-refractivity contribution in [1.82, 2.24) is 14.7 Å². The molecule has 0 aliphatic carbocycles. The second kappa shape index (κ2) is 13.7. The molecule has 7 heteroatoms.